The Bertz CT molecular complexity index is 518. The summed E-state index contributed by atoms with van der Waals surface area (Å²) in [5, 5.41) is 21.1. The molecule has 0 unspecified atom stereocenters. The highest BCUT2D eigenvalue weighted by Gasteiger charge is 2.38. The normalized spacial score (nSPS) is 16.9. The molecule has 0 atom stereocenters. The lowest BCUT2D eigenvalue weighted by Crippen LogP contribution is -2.48. The number of hydrogen-bond donors (Lipinski definition) is 3. The number of nitrogens with one attached hydrogen (secondary N) is 1. The van der Waals surface area contributed by atoms with Crippen LogP contribution >= 0.6 is 0 Å². The Morgan fingerprint density at radius 3 is 2.50 bits per heavy atom. The van der Waals surface area contributed by atoms with Crippen molar-refractivity contribution in [3.63, 3.8) is 0 Å². The molecule has 0 bridgehead atoms. The van der Waals surface area contributed by atoms with Crippen molar-refractivity contribution in [2.24, 2.45) is 0 Å². The maximum absolute atomic E-state index is 13.6. The topological polar surface area (TPSA) is 86.6 Å². The van der Waals surface area contributed by atoms with E-state index in [4.69, 9.17) is 5.11 Å². The molecule has 1 aromatic carbocycles. The van der Waals surface area contributed by atoms with Gasteiger partial charge in [-0.2, -0.15) is 0 Å². The Hall–Kier alpha value is -2.11. The zero-order valence-corrected chi connectivity index (χ0v) is 10.9. The molecule has 1 aromatic rings. The fraction of sp³-hybridized carbons (Fsp3) is 0.429. The maximum Gasteiger partial charge on any atom is 0.305 e. The molecule has 0 aliphatic heterocycles. The number of carboxylic acid groups (broad SMARTS) is 1. The van der Waals surface area contributed by atoms with Crippen molar-refractivity contribution in [1.29, 1.82) is 0 Å². The minimum atomic E-state index is -1.01. The molecule has 0 spiro atoms. The average molecular weight is 281 g/mol. The van der Waals surface area contributed by atoms with Crippen molar-refractivity contribution in [2.45, 2.75) is 37.6 Å². The molecule has 1 aliphatic carbocycles. The van der Waals surface area contributed by atoms with E-state index in [-0.39, 0.29) is 6.42 Å². The third-order valence-corrected chi connectivity index (χ3v) is 3.65. The number of carbonyl (C=O) groups excluding carboxylic acids is 1. The van der Waals surface area contributed by atoms with Crippen LogP contribution in [0.5, 0.6) is 5.75 Å². The number of aliphatic carboxylic acids is 1. The van der Waals surface area contributed by atoms with Crippen LogP contribution in [-0.2, 0) is 4.79 Å². The van der Waals surface area contributed by atoms with Crippen LogP contribution in [0.15, 0.2) is 18.2 Å². The zero-order valence-electron chi connectivity index (χ0n) is 10.9. The van der Waals surface area contributed by atoms with E-state index in [1.165, 1.54) is 12.1 Å². The quantitative estimate of drug-likeness (QED) is 0.788. The number of halogens is 1. The number of aromatic hydroxyl groups is 1. The van der Waals surface area contributed by atoms with Gasteiger partial charge in [-0.25, -0.2) is 4.39 Å². The Kier molecular flexibility index (Phi) is 3.92. The van der Waals surface area contributed by atoms with Gasteiger partial charge in [0.15, 0.2) is 0 Å². The van der Waals surface area contributed by atoms with Gasteiger partial charge in [0.2, 0.25) is 0 Å². The molecule has 1 saturated carbocycles. The summed E-state index contributed by atoms with van der Waals surface area (Å²) >= 11 is 0. The third kappa shape index (κ3) is 2.89. The summed E-state index contributed by atoms with van der Waals surface area (Å²) in [5.41, 5.74) is -1.29. The summed E-state index contributed by atoms with van der Waals surface area (Å²) in [7, 11) is 0. The lowest BCUT2D eigenvalue weighted by Gasteiger charge is -2.28. The van der Waals surface area contributed by atoms with E-state index in [2.05, 4.69) is 5.32 Å². The fourth-order valence-corrected chi connectivity index (χ4v) is 2.73. The second kappa shape index (κ2) is 5.48. The molecular formula is C14H16FNO4. The van der Waals surface area contributed by atoms with Gasteiger partial charge >= 0.3 is 5.97 Å². The fourth-order valence-electron chi connectivity index (χ4n) is 2.73. The first kappa shape index (κ1) is 14.3. The summed E-state index contributed by atoms with van der Waals surface area (Å²) in [6, 6.07) is 3.59. The molecule has 20 heavy (non-hydrogen) atoms. The second-order valence-corrected chi connectivity index (χ2v) is 5.15. The first-order valence-electron chi connectivity index (χ1n) is 6.45. The number of phenolic OH excluding ortho intramolecular Hbond substituents is 1. The largest absolute Gasteiger partial charge is 0.507 e. The first-order valence-corrected chi connectivity index (χ1v) is 6.45. The Morgan fingerprint density at radius 1 is 1.30 bits per heavy atom. The summed E-state index contributed by atoms with van der Waals surface area (Å²) in [5.74, 6) is -3.06. The van der Waals surface area contributed by atoms with E-state index in [1.54, 1.807) is 0 Å². The number of phenols is 1. The summed E-state index contributed by atoms with van der Waals surface area (Å²) < 4.78 is 13.6. The molecular weight excluding hydrogens is 265 g/mol. The Morgan fingerprint density at radius 2 is 1.95 bits per heavy atom. The van der Waals surface area contributed by atoms with Crippen molar-refractivity contribution in [3.05, 3.63) is 29.6 Å². The molecule has 5 nitrogen and oxygen atoms in total. The van der Waals surface area contributed by atoms with Crippen LogP contribution in [-0.4, -0.2) is 27.6 Å². The monoisotopic (exact) mass is 281 g/mol. The van der Waals surface area contributed by atoms with Crippen molar-refractivity contribution >= 4 is 11.9 Å². The van der Waals surface area contributed by atoms with Gasteiger partial charge in [-0.15, -0.1) is 0 Å². The van der Waals surface area contributed by atoms with Crippen LogP contribution in [0.25, 0.3) is 0 Å². The van der Waals surface area contributed by atoms with E-state index in [1.807, 2.05) is 0 Å². The van der Waals surface area contributed by atoms with E-state index >= 15 is 0 Å². The minimum absolute atomic E-state index is 0.200. The third-order valence-electron chi connectivity index (χ3n) is 3.65. The number of carboxylic acids is 1. The van der Waals surface area contributed by atoms with Crippen molar-refractivity contribution in [1.82, 2.24) is 5.32 Å². The van der Waals surface area contributed by atoms with Gasteiger partial charge in [0.05, 0.1) is 12.0 Å². The van der Waals surface area contributed by atoms with E-state index < -0.39 is 34.5 Å². The van der Waals surface area contributed by atoms with Crippen LogP contribution in [0.2, 0.25) is 0 Å². The predicted octanol–water partition coefficient (Wildman–Crippen LogP) is 2.05. The van der Waals surface area contributed by atoms with Crippen LogP contribution in [0.3, 0.4) is 0 Å². The number of carbonyl (C=O) groups is 2. The van der Waals surface area contributed by atoms with Crippen molar-refractivity contribution in [3.8, 4) is 5.75 Å². The molecule has 0 radical (unpaired) electrons. The van der Waals surface area contributed by atoms with Gasteiger partial charge in [0.25, 0.3) is 5.91 Å². The average Bonchev–Trinajstić information content (AvgIpc) is 2.75. The Balaban J connectivity index is 2.23. The maximum atomic E-state index is 13.6. The van der Waals surface area contributed by atoms with Crippen molar-refractivity contribution in [2.75, 3.05) is 0 Å². The molecule has 2 rings (SSSR count). The zero-order chi connectivity index (χ0) is 14.8. The molecule has 108 valence electrons. The van der Waals surface area contributed by atoms with Gasteiger partial charge in [0, 0.05) is 0 Å². The smallest absolute Gasteiger partial charge is 0.305 e. The number of hydrogen-bond acceptors (Lipinski definition) is 3. The predicted molar refractivity (Wildman–Crippen MR) is 69.0 cm³/mol. The molecule has 1 aliphatic rings. The van der Waals surface area contributed by atoms with Gasteiger partial charge < -0.3 is 15.5 Å². The molecule has 1 fully saturated rings. The standard InChI is InChI=1S/C14H16FNO4/c15-9-4-3-5-10(17)12(9)13(20)16-14(8-11(18)19)6-1-2-7-14/h3-5,17H,1-2,6-8H2,(H,16,20)(H,18,19). The molecule has 6 heteroatoms. The summed E-state index contributed by atoms with van der Waals surface area (Å²) in [6.45, 7) is 0. The minimum Gasteiger partial charge on any atom is -0.507 e. The van der Waals surface area contributed by atoms with Gasteiger partial charge in [-0.1, -0.05) is 18.9 Å². The molecule has 0 aromatic heterocycles. The van der Waals surface area contributed by atoms with Crippen molar-refractivity contribution < 1.29 is 24.2 Å². The second-order valence-electron chi connectivity index (χ2n) is 5.15. The summed E-state index contributed by atoms with van der Waals surface area (Å²) in [6.07, 6.45) is 2.52. The number of amides is 1. The first-order chi connectivity index (χ1) is 9.43. The van der Waals surface area contributed by atoms with Gasteiger partial charge in [0.1, 0.15) is 17.1 Å². The van der Waals surface area contributed by atoms with Crippen LogP contribution in [0.1, 0.15) is 42.5 Å². The Labute approximate surface area is 115 Å². The highest BCUT2D eigenvalue weighted by molar-refractivity contribution is 5.97. The molecule has 0 heterocycles. The highest BCUT2D eigenvalue weighted by atomic mass is 19.1. The van der Waals surface area contributed by atoms with Crippen LogP contribution < -0.4 is 5.32 Å². The summed E-state index contributed by atoms with van der Waals surface area (Å²) in [4.78, 5) is 23.1. The lowest BCUT2D eigenvalue weighted by atomic mass is 9.92. The highest BCUT2D eigenvalue weighted by Crippen LogP contribution is 2.33. The lowest BCUT2D eigenvalue weighted by molar-refractivity contribution is -0.138. The molecule has 1 amide bonds. The van der Waals surface area contributed by atoms with E-state index in [9.17, 15) is 19.1 Å². The molecule has 0 saturated heterocycles. The number of benzene rings is 1. The van der Waals surface area contributed by atoms with Crippen LogP contribution in [0, 0.1) is 5.82 Å². The number of rotatable bonds is 4. The van der Waals surface area contributed by atoms with E-state index in [0.29, 0.717) is 12.8 Å². The SMILES string of the molecule is O=C(O)CC1(NC(=O)c2c(O)cccc2F)CCCC1. The molecule has 3 N–H and O–H groups in total. The van der Waals surface area contributed by atoms with E-state index in [0.717, 1.165) is 18.9 Å². The van der Waals surface area contributed by atoms with Gasteiger partial charge in [-0.3, -0.25) is 9.59 Å². The van der Waals surface area contributed by atoms with Gasteiger partial charge in [-0.05, 0) is 25.0 Å². The van der Waals surface area contributed by atoms with Crippen LogP contribution in [0.4, 0.5) is 4.39 Å².